The summed E-state index contributed by atoms with van der Waals surface area (Å²) < 4.78 is 11.2. The molecule has 1 aliphatic rings. The molecule has 1 rings (SSSR count). The molecule has 1 heterocycles. The van der Waals surface area contributed by atoms with Crippen LogP contribution in [0.4, 0.5) is 0 Å². The molecular formula is C52H97NO8. The summed E-state index contributed by atoms with van der Waals surface area (Å²) >= 11 is 0. The minimum absolute atomic E-state index is 0.189. The van der Waals surface area contributed by atoms with Crippen LogP contribution in [0.1, 0.15) is 232 Å². The zero-order chi connectivity index (χ0) is 44.4. The Hall–Kier alpha value is -1.59. The van der Waals surface area contributed by atoms with E-state index in [1.807, 2.05) is 6.08 Å². The van der Waals surface area contributed by atoms with Gasteiger partial charge in [0.1, 0.15) is 24.4 Å². The van der Waals surface area contributed by atoms with Gasteiger partial charge >= 0.3 is 0 Å². The fraction of sp³-hybridized carbons (Fsp3) is 0.865. The Morgan fingerprint density at radius 3 is 1.36 bits per heavy atom. The molecule has 0 spiro atoms. The maximum atomic E-state index is 13.0. The molecule has 9 heteroatoms. The first-order valence-corrected chi connectivity index (χ1v) is 25.7. The second kappa shape index (κ2) is 42.4. The third kappa shape index (κ3) is 32.7. The second-order valence-electron chi connectivity index (χ2n) is 18.0. The lowest BCUT2D eigenvalue weighted by atomic mass is 9.99. The summed E-state index contributed by atoms with van der Waals surface area (Å²) in [6, 6.07) is -0.824. The van der Waals surface area contributed by atoms with E-state index in [0.717, 1.165) is 51.4 Å². The summed E-state index contributed by atoms with van der Waals surface area (Å²) in [5.41, 5.74) is 0. The number of allylic oxidation sites excluding steroid dienone is 5. The number of nitrogens with one attached hydrogen (secondary N) is 1. The predicted molar refractivity (Wildman–Crippen MR) is 253 cm³/mol. The van der Waals surface area contributed by atoms with Crippen LogP contribution >= 0.6 is 0 Å². The lowest BCUT2D eigenvalue weighted by molar-refractivity contribution is -0.302. The summed E-state index contributed by atoms with van der Waals surface area (Å²) in [5, 5.41) is 54.2. The van der Waals surface area contributed by atoms with Crippen LogP contribution < -0.4 is 5.32 Å². The van der Waals surface area contributed by atoms with Crippen LogP contribution in [-0.4, -0.2) is 87.5 Å². The van der Waals surface area contributed by atoms with Gasteiger partial charge in [0.25, 0.3) is 0 Å². The van der Waals surface area contributed by atoms with E-state index < -0.39 is 49.5 Å². The van der Waals surface area contributed by atoms with Gasteiger partial charge in [0.05, 0.1) is 25.4 Å². The highest BCUT2D eigenvalue weighted by Gasteiger charge is 2.44. The first-order valence-electron chi connectivity index (χ1n) is 25.7. The van der Waals surface area contributed by atoms with Gasteiger partial charge in [-0.15, -0.1) is 0 Å². The molecule has 1 amide bonds. The van der Waals surface area contributed by atoms with Crippen molar-refractivity contribution in [2.75, 3.05) is 13.2 Å². The van der Waals surface area contributed by atoms with Crippen LogP contribution in [0.3, 0.4) is 0 Å². The molecule has 358 valence electrons. The topological polar surface area (TPSA) is 149 Å². The third-order valence-corrected chi connectivity index (χ3v) is 12.2. The Morgan fingerprint density at radius 1 is 0.541 bits per heavy atom. The maximum Gasteiger partial charge on any atom is 0.220 e. The van der Waals surface area contributed by atoms with Crippen molar-refractivity contribution in [3.05, 3.63) is 36.5 Å². The molecule has 0 aromatic carbocycles. The number of rotatable bonds is 43. The molecule has 61 heavy (non-hydrogen) atoms. The van der Waals surface area contributed by atoms with Crippen molar-refractivity contribution in [1.29, 1.82) is 0 Å². The van der Waals surface area contributed by atoms with Crippen LogP contribution in [0.25, 0.3) is 0 Å². The molecule has 1 saturated heterocycles. The quantitative estimate of drug-likeness (QED) is 0.0262. The van der Waals surface area contributed by atoms with E-state index in [4.69, 9.17) is 9.47 Å². The zero-order valence-corrected chi connectivity index (χ0v) is 39.4. The second-order valence-corrected chi connectivity index (χ2v) is 18.0. The van der Waals surface area contributed by atoms with Crippen LogP contribution in [0.2, 0.25) is 0 Å². The number of aliphatic hydroxyl groups is 5. The van der Waals surface area contributed by atoms with Gasteiger partial charge in [-0.25, -0.2) is 0 Å². The molecule has 0 aromatic rings. The van der Waals surface area contributed by atoms with Crippen molar-refractivity contribution in [3.63, 3.8) is 0 Å². The molecule has 6 N–H and O–H groups in total. The SMILES string of the molecule is CCCC/C=C/CC/C=C/CC/C=C/C(O)C(COC1OC(CO)C(O)C(O)C1O)NC(=O)CCCCCCCCCCCCCCCCCCCCCCCCCCCC. The first-order chi connectivity index (χ1) is 29.8. The van der Waals surface area contributed by atoms with Crippen molar-refractivity contribution >= 4 is 5.91 Å². The van der Waals surface area contributed by atoms with Crippen molar-refractivity contribution in [2.24, 2.45) is 0 Å². The fourth-order valence-corrected chi connectivity index (χ4v) is 8.06. The van der Waals surface area contributed by atoms with E-state index in [-0.39, 0.29) is 12.5 Å². The van der Waals surface area contributed by atoms with E-state index in [9.17, 15) is 30.3 Å². The number of hydrogen-bond donors (Lipinski definition) is 6. The summed E-state index contributed by atoms with van der Waals surface area (Å²) in [6.45, 7) is 3.71. The first kappa shape index (κ1) is 57.4. The highest BCUT2D eigenvalue weighted by Crippen LogP contribution is 2.23. The molecular weight excluding hydrogens is 767 g/mol. The molecule has 9 nitrogen and oxygen atoms in total. The fourth-order valence-electron chi connectivity index (χ4n) is 8.06. The molecule has 1 aliphatic heterocycles. The van der Waals surface area contributed by atoms with Gasteiger partial charge in [-0.05, 0) is 38.5 Å². The number of carbonyl (C=O) groups excluding carboxylic acids is 1. The number of ether oxygens (including phenoxy) is 2. The Labute approximate surface area is 374 Å². The van der Waals surface area contributed by atoms with Crippen LogP contribution in [-0.2, 0) is 14.3 Å². The molecule has 0 saturated carbocycles. The minimum Gasteiger partial charge on any atom is -0.394 e. The van der Waals surface area contributed by atoms with Crippen molar-refractivity contribution in [1.82, 2.24) is 5.32 Å². The third-order valence-electron chi connectivity index (χ3n) is 12.2. The molecule has 7 unspecified atom stereocenters. The molecule has 0 aromatic heterocycles. The predicted octanol–water partition coefficient (Wildman–Crippen LogP) is 11.6. The average Bonchev–Trinajstić information content (AvgIpc) is 3.26. The molecule has 7 atom stereocenters. The summed E-state index contributed by atoms with van der Waals surface area (Å²) in [5.74, 6) is -0.189. The Morgan fingerprint density at radius 2 is 0.934 bits per heavy atom. The van der Waals surface area contributed by atoms with Crippen molar-refractivity contribution < 1.29 is 39.8 Å². The monoisotopic (exact) mass is 864 g/mol. The minimum atomic E-state index is -1.57. The van der Waals surface area contributed by atoms with Gasteiger partial charge in [0, 0.05) is 6.42 Å². The normalized spacial score (nSPS) is 20.7. The number of amides is 1. The van der Waals surface area contributed by atoms with Gasteiger partial charge in [-0.3, -0.25) is 4.79 Å². The van der Waals surface area contributed by atoms with Gasteiger partial charge in [0.15, 0.2) is 6.29 Å². The molecule has 1 fully saturated rings. The van der Waals surface area contributed by atoms with E-state index in [1.165, 1.54) is 161 Å². The number of hydrogen-bond acceptors (Lipinski definition) is 8. The standard InChI is InChI=1S/C52H97NO8/c1-3-5-7-9-11-13-15-17-18-19-20-21-22-23-24-25-26-27-28-29-30-32-34-36-38-40-42-48(56)53-45(44-60-52-51(59)50(58)49(57)47(43-54)61-52)46(55)41-39-37-35-33-31-16-14-12-10-8-6-4-2/h10,12,31,33,39,41,45-47,49-52,54-55,57-59H,3-9,11,13-30,32,34-38,40,42-44H2,1-2H3,(H,53,56)/b12-10+,33-31+,41-39+. The molecule has 0 bridgehead atoms. The van der Waals surface area contributed by atoms with Crippen molar-refractivity contribution in [2.45, 2.75) is 275 Å². The van der Waals surface area contributed by atoms with Crippen LogP contribution in [0.5, 0.6) is 0 Å². The number of aliphatic hydroxyl groups excluding tert-OH is 5. The van der Waals surface area contributed by atoms with E-state index in [1.54, 1.807) is 6.08 Å². The van der Waals surface area contributed by atoms with Gasteiger partial charge < -0.3 is 40.3 Å². The maximum absolute atomic E-state index is 13.0. The van der Waals surface area contributed by atoms with Crippen LogP contribution in [0, 0.1) is 0 Å². The highest BCUT2D eigenvalue weighted by molar-refractivity contribution is 5.76. The van der Waals surface area contributed by atoms with Crippen LogP contribution in [0.15, 0.2) is 36.5 Å². The van der Waals surface area contributed by atoms with E-state index >= 15 is 0 Å². The lowest BCUT2D eigenvalue weighted by Crippen LogP contribution is -2.60. The van der Waals surface area contributed by atoms with Gasteiger partial charge in [0.2, 0.25) is 5.91 Å². The Balaban J connectivity index is 2.20. The average molecular weight is 864 g/mol. The Bertz CT molecular complexity index is 1050. The molecule has 0 aliphatic carbocycles. The van der Waals surface area contributed by atoms with E-state index in [2.05, 4.69) is 43.5 Å². The smallest absolute Gasteiger partial charge is 0.220 e. The van der Waals surface area contributed by atoms with E-state index in [0.29, 0.717) is 6.42 Å². The number of unbranched alkanes of at least 4 members (excludes halogenated alkanes) is 29. The van der Waals surface area contributed by atoms with Gasteiger partial charge in [-0.1, -0.05) is 224 Å². The van der Waals surface area contributed by atoms with Crippen molar-refractivity contribution in [3.8, 4) is 0 Å². The lowest BCUT2D eigenvalue weighted by Gasteiger charge is -2.40. The molecule has 0 radical (unpaired) electrons. The zero-order valence-electron chi connectivity index (χ0n) is 39.4. The highest BCUT2D eigenvalue weighted by atomic mass is 16.7. The van der Waals surface area contributed by atoms with Gasteiger partial charge in [-0.2, -0.15) is 0 Å². The number of carbonyl (C=O) groups is 1. The summed E-state index contributed by atoms with van der Waals surface area (Å²) in [7, 11) is 0. The Kier molecular flexibility index (Phi) is 39.9. The summed E-state index contributed by atoms with van der Waals surface area (Å²) in [4.78, 5) is 13.0. The summed E-state index contributed by atoms with van der Waals surface area (Å²) in [6.07, 6.45) is 46.4. The largest absolute Gasteiger partial charge is 0.394 e.